The van der Waals surface area contributed by atoms with Gasteiger partial charge in [0.15, 0.2) is 28.9 Å². The van der Waals surface area contributed by atoms with Gasteiger partial charge in [0.05, 0.1) is 27.5 Å². The SMILES string of the molecule is Cc1ncnc(C(=O)N2CCC3(CC2)C[C@@H](C)c2c3c(=O)n3nc(-c4ccc(CN(C)C)c(F)c4F)nc3n2CC(=O)Nc2ccc(C(F)(F)F)cc2Cl)c1O. The molecule has 19 heteroatoms. The number of halogens is 6. The van der Waals surface area contributed by atoms with Crippen LogP contribution in [0.3, 0.4) is 0 Å². The number of alkyl halides is 3. The Morgan fingerprint density at radius 1 is 1.09 bits per heavy atom. The smallest absolute Gasteiger partial charge is 0.416 e. The summed E-state index contributed by atoms with van der Waals surface area (Å²) < 4.78 is 73.1. The second kappa shape index (κ2) is 14.2. The first-order valence-electron chi connectivity index (χ1n) is 17.5. The molecule has 0 unspecified atom stereocenters. The van der Waals surface area contributed by atoms with Crippen molar-refractivity contribution in [2.45, 2.75) is 63.7 Å². The number of rotatable bonds is 7. The minimum Gasteiger partial charge on any atom is -0.504 e. The van der Waals surface area contributed by atoms with Gasteiger partial charge < -0.3 is 24.8 Å². The number of likely N-dealkylation sites (tertiary alicyclic amines) is 1. The molecule has 4 heterocycles. The molecule has 1 aliphatic heterocycles. The van der Waals surface area contributed by atoms with Gasteiger partial charge in [0, 0.05) is 41.9 Å². The number of aromatic nitrogens is 6. The normalized spacial score (nSPS) is 16.6. The van der Waals surface area contributed by atoms with Crippen molar-refractivity contribution >= 4 is 34.9 Å². The van der Waals surface area contributed by atoms with Crippen LogP contribution in [0.5, 0.6) is 5.75 Å². The van der Waals surface area contributed by atoms with Gasteiger partial charge in [0.1, 0.15) is 12.9 Å². The molecule has 1 spiro atoms. The van der Waals surface area contributed by atoms with Crippen LogP contribution in [0, 0.1) is 18.6 Å². The number of carbonyl (C=O) groups is 2. The van der Waals surface area contributed by atoms with E-state index in [1.165, 1.54) is 27.9 Å². The Labute approximate surface area is 320 Å². The fourth-order valence-corrected chi connectivity index (χ4v) is 8.08. The molecule has 2 N–H and O–H groups in total. The number of piperidine rings is 1. The molecule has 0 saturated carbocycles. The number of nitrogens with zero attached hydrogens (tertiary/aromatic N) is 8. The average Bonchev–Trinajstić information content (AvgIpc) is 3.70. The molecule has 1 atom stereocenters. The van der Waals surface area contributed by atoms with Crippen molar-refractivity contribution < 1.29 is 36.6 Å². The van der Waals surface area contributed by atoms with E-state index in [9.17, 15) is 32.7 Å². The molecule has 2 aliphatic rings. The molecule has 1 aliphatic carbocycles. The number of carbonyl (C=O) groups excluding carboxylic acids is 2. The Hall–Kier alpha value is -5.49. The standard InChI is InChI=1S/C37H35ClF5N9O4/c1-18-14-36(9-11-50(12-10-36)34(56)29-31(54)19(2)44-17-45-29)26-30(18)51(16-25(53)46-24-8-6-21(13-23(24)38)37(41,42)43)35-47-32(48-52(35)33(26)55)22-7-5-20(15-49(3)4)27(39)28(22)40/h5-8,13,17-18,54H,9-12,14-16H2,1-4H3,(H,46,53)/t18-/m1/s1. The molecule has 294 valence electrons. The first kappa shape index (κ1) is 38.8. The quantitative estimate of drug-likeness (QED) is 0.198. The molecule has 5 aromatic rings. The van der Waals surface area contributed by atoms with Gasteiger partial charge in [-0.15, -0.1) is 5.10 Å². The first-order valence-corrected chi connectivity index (χ1v) is 17.9. The molecule has 13 nitrogen and oxygen atoms in total. The van der Waals surface area contributed by atoms with Crippen LogP contribution in [0.1, 0.15) is 70.7 Å². The van der Waals surface area contributed by atoms with Gasteiger partial charge in [-0.3, -0.25) is 14.4 Å². The minimum atomic E-state index is -4.67. The van der Waals surface area contributed by atoms with E-state index >= 15 is 8.78 Å². The maximum absolute atomic E-state index is 15.6. The molecule has 1 fully saturated rings. The van der Waals surface area contributed by atoms with Crippen molar-refractivity contribution in [3.8, 4) is 17.1 Å². The number of anilines is 1. The molecule has 3 aromatic heterocycles. The third kappa shape index (κ3) is 6.73. The summed E-state index contributed by atoms with van der Waals surface area (Å²) in [5.41, 5.74) is -1.90. The Morgan fingerprint density at radius 2 is 1.80 bits per heavy atom. The zero-order chi connectivity index (χ0) is 40.4. The molecule has 1 saturated heterocycles. The van der Waals surface area contributed by atoms with Gasteiger partial charge in [-0.25, -0.2) is 18.7 Å². The van der Waals surface area contributed by atoms with Gasteiger partial charge in [-0.2, -0.15) is 22.7 Å². The van der Waals surface area contributed by atoms with Crippen LogP contribution in [0.2, 0.25) is 5.02 Å². The third-order valence-electron chi connectivity index (χ3n) is 10.5. The molecule has 0 bridgehead atoms. The zero-order valence-corrected chi connectivity index (χ0v) is 31.3. The Balaban J connectivity index is 1.31. The number of aryl methyl sites for hydroxylation is 1. The van der Waals surface area contributed by atoms with Crippen molar-refractivity contribution in [3.05, 3.63) is 97.4 Å². The van der Waals surface area contributed by atoms with Crippen LogP contribution >= 0.6 is 11.6 Å². The van der Waals surface area contributed by atoms with Crippen molar-refractivity contribution in [1.29, 1.82) is 0 Å². The lowest BCUT2D eigenvalue weighted by atomic mass is 9.73. The predicted octanol–water partition coefficient (Wildman–Crippen LogP) is 5.69. The topological polar surface area (TPSA) is 151 Å². The number of amides is 2. The number of aromatic hydroxyl groups is 1. The first-order chi connectivity index (χ1) is 26.4. The number of nitrogens with one attached hydrogen (secondary N) is 1. The fourth-order valence-electron chi connectivity index (χ4n) is 7.85. The van der Waals surface area contributed by atoms with Crippen LogP contribution < -0.4 is 10.9 Å². The average molecular weight is 800 g/mol. The van der Waals surface area contributed by atoms with Gasteiger partial charge in [0.2, 0.25) is 11.7 Å². The monoisotopic (exact) mass is 799 g/mol. The molecule has 7 rings (SSSR count). The van der Waals surface area contributed by atoms with Crippen molar-refractivity contribution in [2.75, 3.05) is 32.5 Å². The van der Waals surface area contributed by atoms with Gasteiger partial charge >= 0.3 is 6.18 Å². The van der Waals surface area contributed by atoms with Gasteiger partial charge in [-0.05, 0) is 70.5 Å². The largest absolute Gasteiger partial charge is 0.504 e. The Kier molecular flexibility index (Phi) is 9.85. The summed E-state index contributed by atoms with van der Waals surface area (Å²) in [6.45, 7) is 3.37. The molecular weight excluding hydrogens is 765 g/mol. The summed E-state index contributed by atoms with van der Waals surface area (Å²) in [5.74, 6) is -4.74. The fraction of sp³-hybridized carbons (Fsp3) is 0.378. The minimum absolute atomic E-state index is 0.0859. The van der Waals surface area contributed by atoms with E-state index < -0.39 is 52.7 Å². The molecule has 0 radical (unpaired) electrons. The summed E-state index contributed by atoms with van der Waals surface area (Å²) in [6, 6.07) is 5.18. The lowest BCUT2D eigenvalue weighted by molar-refractivity contribution is -0.137. The van der Waals surface area contributed by atoms with Crippen LogP contribution in [0.15, 0.2) is 41.5 Å². The third-order valence-corrected chi connectivity index (χ3v) is 10.8. The van der Waals surface area contributed by atoms with Crippen molar-refractivity contribution in [1.82, 2.24) is 38.9 Å². The molecular formula is C37H35ClF5N9O4. The highest BCUT2D eigenvalue weighted by Gasteiger charge is 2.49. The van der Waals surface area contributed by atoms with E-state index in [0.29, 0.717) is 36.6 Å². The van der Waals surface area contributed by atoms with Crippen LogP contribution in [-0.2, 0) is 29.5 Å². The molecule has 2 aromatic carbocycles. The van der Waals surface area contributed by atoms with E-state index in [2.05, 4.69) is 25.4 Å². The maximum Gasteiger partial charge on any atom is 0.416 e. The summed E-state index contributed by atoms with van der Waals surface area (Å²) in [7, 11) is 3.40. The highest BCUT2D eigenvalue weighted by atomic mass is 35.5. The lowest BCUT2D eigenvalue weighted by Crippen LogP contribution is -2.46. The summed E-state index contributed by atoms with van der Waals surface area (Å²) in [6.07, 6.45) is -2.42. The summed E-state index contributed by atoms with van der Waals surface area (Å²) in [4.78, 5) is 57.2. The van der Waals surface area contributed by atoms with Crippen LogP contribution in [0.25, 0.3) is 17.2 Å². The summed E-state index contributed by atoms with van der Waals surface area (Å²) in [5, 5.41) is 17.0. The number of hydrogen-bond donors (Lipinski definition) is 2. The van der Waals surface area contributed by atoms with E-state index in [0.717, 1.165) is 16.6 Å². The lowest BCUT2D eigenvalue weighted by Gasteiger charge is -2.39. The van der Waals surface area contributed by atoms with Crippen molar-refractivity contribution in [2.24, 2.45) is 0 Å². The highest BCUT2D eigenvalue weighted by molar-refractivity contribution is 6.33. The number of benzene rings is 2. The Bertz CT molecular complexity index is 2480. The molecule has 2 amide bonds. The number of fused-ring (bicyclic) bond motifs is 3. The Morgan fingerprint density at radius 3 is 2.46 bits per heavy atom. The second-order valence-corrected chi connectivity index (χ2v) is 14.9. The van der Waals surface area contributed by atoms with E-state index in [4.69, 9.17) is 11.6 Å². The van der Waals surface area contributed by atoms with Crippen molar-refractivity contribution in [3.63, 3.8) is 0 Å². The van der Waals surface area contributed by atoms with Crippen LogP contribution in [-0.4, -0.2) is 83.0 Å². The van der Waals surface area contributed by atoms with E-state index in [-0.39, 0.29) is 76.1 Å². The predicted molar refractivity (Wildman–Crippen MR) is 193 cm³/mol. The van der Waals surface area contributed by atoms with Gasteiger partial charge in [0.25, 0.3) is 11.5 Å². The van der Waals surface area contributed by atoms with Crippen LogP contribution in [0.4, 0.5) is 27.6 Å². The maximum atomic E-state index is 15.6. The van der Waals surface area contributed by atoms with Gasteiger partial charge in [-0.1, -0.05) is 24.6 Å². The number of hydrogen-bond acceptors (Lipinski definition) is 9. The zero-order valence-electron chi connectivity index (χ0n) is 30.5. The van der Waals surface area contributed by atoms with E-state index in [1.54, 1.807) is 25.9 Å². The second-order valence-electron chi connectivity index (χ2n) is 14.5. The highest BCUT2D eigenvalue weighted by Crippen LogP contribution is 2.50. The van der Waals surface area contributed by atoms with E-state index in [1.807, 2.05) is 6.92 Å². The molecule has 56 heavy (non-hydrogen) atoms. The summed E-state index contributed by atoms with van der Waals surface area (Å²) >= 11 is 6.13.